The smallest absolute Gasteiger partial charge is 0.407 e. The summed E-state index contributed by atoms with van der Waals surface area (Å²) in [5.41, 5.74) is -0.461. The van der Waals surface area contributed by atoms with Crippen LogP contribution in [0.15, 0.2) is 4.99 Å². The lowest BCUT2D eigenvalue weighted by Gasteiger charge is -2.35. The number of alkyl carbamates (subject to hydrolysis) is 1. The molecule has 2 N–H and O–H groups in total. The minimum Gasteiger partial charge on any atom is -0.444 e. The molecular formula is C22H43N5O3. The lowest BCUT2D eigenvalue weighted by Crippen LogP contribution is -2.49. The first-order chi connectivity index (χ1) is 14.3. The van der Waals surface area contributed by atoms with E-state index in [0.717, 1.165) is 44.9 Å². The molecular weight excluding hydrogens is 382 g/mol. The molecule has 2 aliphatic heterocycles. The molecule has 1 unspecified atom stereocenters. The number of hydrogen-bond donors (Lipinski definition) is 2. The average molecular weight is 426 g/mol. The molecule has 0 aromatic rings. The number of carbonyl (C=O) groups is 1. The van der Waals surface area contributed by atoms with Crippen LogP contribution in [0.25, 0.3) is 0 Å². The molecule has 1 amide bonds. The zero-order valence-corrected chi connectivity index (χ0v) is 19.7. The van der Waals surface area contributed by atoms with Crippen LogP contribution in [0.2, 0.25) is 0 Å². The summed E-state index contributed by atoms with van der Waals surface area (Å²) in [4.78, 5) is 20.9. The second kappa shape index (κ2) is 12.3. The third-order valence-corrected chi connectivity index (χ3v) is 5.57. The number of carbonyl (C=O) groups excluding carboxylic acids is 1. The van der Waals surface area contributed by atoms with E-state index >= 15 is 0 Å². The number of nitrogens with one attached hydrogen (secondary N) is 2. The van der Waals surface area contributed by atoms with Crippen molar-refractivity contribution >= 4 is 12.1 Å². The summed E-state index contributed by atoms with van der Waals surface area (Å²) in [6, 6.07) is 0. The van der Waals surface area contributed by atoms with Crippen LogP contribution in [0.4, 0.5) is 4.79 Å². The molecule has 8 heteroatoms. The highest BCUT2D eigenvalue weighted by molar-refractivity contribution is 5.80. The highest BCUT2D eigenvalue weighted by atomic mass is 16.6. The molecule has 2 aliphatic rings. The maximum atomic E-state index is 11.6. The Bertz CT molecular complexity index is 541. The second-order valence-electron chi connectivity index (χ2n) is 9.54. The van der Waals surface area contributed by atoms with Gasteiger partial charge in [-0.05, 0) is 72.4 Å². The number of nitrogens with zero attached hydrogens (tertiary/aromatic N) is 3. The number of piperidine rings is 2. The van der Waals surface area contributed by atoms with Crippen molar-refractivity contribution in [2.45, 2.75) is 64.6 Å². The number of likely N-dealkylation sites (tertiary alicyclic amines) is 2. The van der Waals surface area contributed by atoms with Gasteiger partial charge >= 0.3 is 6.09 Å². The summed E-state index contributed by atoms with van der Waals surface area (Å²) in [5.74, 6) is 1.72. The predicted octanol–water partition coefficient (Wildman–Crippen LogP) is 2.30. The van der Waals surface area contributed by atoms with Gasteiger partial charge in [-0.1, -0.05) is 0 Å². The van der Waals surface area contributed by atoms with E-state index in [1.807, 2.05) is 27.8 Å². The fraction of sp³-hybridized carbons (Fsp3) is 0.909. The van der Waals surface area contributed by atoms with Crippen LogP contribution in [0.5, 0.6) is 0 Å². The van der Waals surface area contributed by atoms with E-state index in [4.69, 9.17) is 9.47 Å². The van der Waals surface area contributed by atoms with E-state index < -0.39 is 5.60 Å². The van der Waals surface area contributed by atoms with Gasteiger partial charge in [0.1, 0.15) is 5.60 Å². The van der Waals surface area contributed by atoms with E-state index in [2.05, 4.69) is 32.5 Å². The molecule has 2 saturated heterocycles. The molecule has 0 spiro atoms. The van der Waals surface area contributed by atoms with E-state index in [9.17, 15) is 4.79 Å². The van der Waals surface area contributed by atoms with Crippen molar-refractivity contribution in [1.29, 1.82) is 0 Å². The van der Waals surface area contributed by atoms with Crippen molar-refractivity contribution in [1.82, 2.24) is 20.4 Å². The Balaban J connectivity index is 1.57. The van der Waals surface area contributed by atoms with Gasteiger partial charge in [-0.3, -0.25) is 4.99 Å². The SMILES string of the molecule is CN=C(NCC1CCCN(C)C1)N1CCC(OCCCNC(=O)OC(C)(C)C)CC1. The van der Waals surface area contributed by atoms with Crippen molar-refractivity contribution in [2.24, 2.45) is 10.9 Å². The summed E-state index contributed by atoms with van der Waals surface area (Å²) in [7, 11) is 4.08. The molecule has 2 fully saturated rings. The Hall–Kier alpha value is -1.54. The van der Waals surface area contributed by atoms with Gasteiger partial charge in [-0.2, -0.15) is 0 Å². The molecule has 0 aliphatic carbocycles. The van der Waals surface area contributed by atoms with E-state index in [1.165, 1.54) is 25.9 Å². The van der Waals surface area contributed by atoms with E-state index in [0.29, 0.717) is 19.1 Å². The summed E-state index contributed by atoms with van der Waals surface area (Å²) in [6.07, 6.45) is 5.31. The van der Waals surface area contributed by atoms with Crippen molar-refractivity contribution in [3.05, 3.63) is 0 Å². The zero-order chi connectivity index (χ0) is 22.0. The first-order valence-electron chi connectivity index (χ1n) is 11.5. The van der Waals surface area contributed by atoms with Crippen molar-refractivity contribution in [2.75, 3.05) is 60.0 Å². The molecule has 2 rings (SSSR count). The van der Waals surface area contributed by atoms with Gasteiger partial charge < -0.3 is 29.9 Å². The number of ether oxygens (including phenoxy) is 2. The fourth-order valence-corrected chi connectivity index (χ4v) is 4.07. The predicted molar refractivity (Wildman–Crippen MR) is 121 cm³/mol. The number of amides is 1. The summed E-state index contributed by atoms with van der Waals surface area (Å²) in [5, 5.41) is 6.36. The lowest BCUT2D eigenvalue weighted by atomic mass is 9.98. The topological polar surface area (TPSA) is 78.4 Å². The van der Waals surface area contributed by atoms with Crippen LogP contribution in [0, 0.1) is 5.92 Å². The third kappa shape index (κ3) is 9.51. The molecule has 0 saturated carbocycles. The third-order valence-electron chi connectivity index (χ3n) is 5.57. The minimum absolute atomic E-state index is 0.285. The van der Waals surface area contributed by atoms with Crippen LogP contribution in [-0.2, 0) is 9.47 Å². The maximum absolute atomic E-state index is 11.6. The van der Waals surface area contributed by atoms with Gasteiger partial charge in [-0.15, -0.1) is 0 Å². The first kappa shape index (κ1) is 24.7. The Kier molecular flexibility index (Phi) is 10.2. The van der Waals surface area contributed by atoms with E-state index in [-0.39, 0.29) is 12.2 Å². The summed E-state index contributed by atoms with van der Waals surface area (Å²) < 4.78 is 11.2. The number of aliphatic imine (C=N–C) groups is 1. The van der Waals surface area contributed by atoms with Crippen LogP contribution >= 0.6 is 0 Å². The van der Waals surface area contributed by atoms with Crippen LogP contribution in [0.1, 0.15) is 52.9 Å². The molecule has 8 nitrogen and oxygen atoms in total. The average Bonchev–Trinajstić information content (AvgIpc) is 2.68. The minimum atomic E-state index is -0.461. The fourth-order valence-electron chi connectivity index (χ4n) is 4.07. The molecule has 2 heterocycles. The van der Waals surface area contributed by atoms with Crippen molar-refractivity contribution in [3.63, 3.8) is 0 Å². The molecule has 0 radical (unpaired) electrons. The number of rotatable bonds is 7. The highest BCUT2D eigenvalue weighted by Crippen LogP contribution is 2.16. The maximum Gasteiger partial charge on any atom is 0.407 e. The number of guanidine groups is 1. The highest BCUT2D eigenvalue weighted by Gasteiger charge is 2.23. The monoisotopic (exact) mass is 425 g/mol. The largest absolute Gasteiger partial charge is 0.444 e. The summed E-state index contributed by atoms with van der Waals surface area (Å²) in [6.45, 7) is 12.1. The quantitative estimate of drug-likeness (QED) is 0.370. The molecule has 0 bridgehead atoms. The standard InChI is InChI=1S/C22H43N5O3/c1-22(2,3)30-21(28)24-11-7-15-29-19-9-13-27(14-10-19)20(23-4)25-16-18-8-6-12-26(5)17-18/h18-19H,6-17H2,1-5H3,(H,23,25)(H,24,28). The van der Waals surface area contributed by atoms with Gasteiger partial charge in [0.15, 0.2) is 5.96 Å². The Morgan fingerprint density at radius 1 is 1.13 bits per heavy atom. The van der Waals surface area contributed by atoms with Crippen LogP contribution in [0.3, 0.4) is 0 Å². The Labute approximate surface area is 182 Å². The van der Waals surface area contributed by atoms with Gasteiger partial charge in [0, 0.05) is 46.4 Å². The molecule has 0 aromatic carbocycles. The Morgan fingerprint density at radius 2 is 1.87 bits per heavy atom. The van der Waals surface area contributed by atoms with Gasteiger partial charge in [-0.25, -0.2) is 4.79 Å². The normalized spacial score (nSPS) is 22.1. The number of hydrogen-bond acceptors (Lipinski definition) is 5. The van der Waals surface area contributed by atoms with Crippen LogP contribution in [-0.4, -0.2) is 93.5 Å². The van der Waals surface area contributed by atoms with Gasteiger partial charge in [0.2, 0.25) is 0 Å². The molecule has 174 valence electrons. The van der Waals surface area contributed by atoms with E-state index in [1.54, 1.807) is 0 Å². The zero-order valence-electron chi connectivity index (χ0n) is 19.7. The van der Waals surface area contributed by atoms with Gasteiger partial charge in [0.25, 0.3) is 0 Å². The second-order valence-corrected chi connectivity index (χ2v) is 9.54. The molecule has 30 heavy (non-hydrogen) atoms. The van der Waals surface area contributed by atoms with Crippen molar-refractivity contribution < 1.29 is 14.3 Å². The van der Waals surface area contributed by atoms with Crippen molar-refractivity contribution in [3.8, 4) is 0 Å². The molecule has 1 atom stereocenters. The molecule has 0 aromatic heterocycles. The van der Waals surface area contributed by atoms with Gasteiger partial charge in [0.05, 0.1) is 6.10 Å². The summed E-state index contributed by atoms with van der Waals surface area (Å²) >= 11 is 0. The Morgan fingerprint density at radius 3 is 2.50 bits per heavy atom. The lowest BCUT2D eigenvalue weighted by molar-refractivity contribution is 0.0169. The first-order valence-corrected chi connectivity index (χ1v) is 11.5. The van der Waals surface area contributed by atoms with Crippen LogP contribution < -0.4 is 10.6 Å².